The SMILES string of the molecule is C=C(C)C(=O)NCCCCCC(OP=O)P=O. The molecule has 0 aromatic heterocycles. The molecule has 0 fully saturated rings. The van der Waals surface area contributed by atoms with Gasteiger partial charge in [-0.15, -0.1) is 0 Å². The average Bonchev–Trinajstić information content (AvgIpc) is 2.31. The molecule has 0 aromatic rings. The summed E-state index contributed by atoms with van der Waals surface area (Å²) in [6.07, 6.45) is 3.14. The Morgan fingerprint density at radius 2 is 2.06 bits per heavy atom. The maximum Gasteiger partial charge on any atom is 0.328 e. The maximum absolute atomic E-state index is 11.1. The van der Waals surface area contributed by atoms with Crippen LogP contribution in [0.5, 0.6) is 0 Å². The van der Waals surface area contributed by atoms with Crippen molar-refractivity contribution in [3.05, 3.63) is 12.2 Å². The highest BCUT2D eigenvalue weighted by Gasteiger charge is 2.08. The van der Waals surface area contributed by atoms with Crippen LogP contribution in [0.25, 0.3) is 0 Å². The van der Waals surface area contributed by atoms with E-state index < -0.39 is 14.5 Å². The molecule has 1 atom stereocenters. The van der Waals surface area contributed by atoms with Gasteiger partial charge in [-0.2, -0.15) is 0 Å². The van der Waals surface area contributed by atoms with Crippen molar-refractivity contribution in [1.82, 2.24) is 5.32 Å². The number of hydrogen-bond acceptors (Lipinski definition) is 4. The van der Waals surface area contributed by atoms with Crippen LogP contribution in [0.2, 0.25) is 0 Å². The summed E-state index contributed by atoms with van der Waals surface area (Å²) in [5.41, 5.74) is 0.498. The Bertz CT molecular complexity index is 283. The topological polar surface area (TPSA) is 72.5 Å². The van der Waals surface area contributed by atoms with E-state index in [1.54, 1.807) is 6.92 Å². The summed E-state index contributed by atoms with van der Waals surface area (Å²) in [5.74, 6) is -0.631. The zero-order valence-corrected chi connectivity index (χ0v) is 11.6. The highest BCUT2D eigenvalue weighted by molar-refractivity contribution is 7.26. The van der Waals surface area contributed by atoms with Crippen LogP contribution in [-0.4, -0.2) is 18.3 Å². The van der Waals surface area contributed by atoms with Crippen LogP contribution >= 0.6 is 17.1 Å². The lowest BCUT2D eigenvalue weighted by molar-refractivity contribution is -0.117. The van der Waals surface area contributed by atoms with Crippen LogP contribution in [0.3, 0.4) is 0 Å². The second-order valence-corrected chi connectivity index (χ2v) is 4.77. The average molecular weight is 277 g/mol. The number of rotatable bonds is 10. The molecule has 0 saturated heterocycles. The van der Waals surface area contributed by atoms with E-state index in [1.165, 1.54) is 0 Å². The molecule has 0 aromatic carbocycles. The molecule has 0 spiro atoms. The van der Waals surface area contributed by atoms with Gasteiger partial charge in [0.05, 0.1) is 0 Å². The first-order valence-corrected chi connectivity index (χ1v) is 6.97. The van der Waals surface area contributed by atoms with E-state index in [4.69, 9.17) is 0 Å². The quantitative estimate of drug-likeness (QED) is 0.378. The second-order valence-electron chi connectivity index (χ2n) is 3.63. The number of carbonyl (C=O) groups excluding carboxylic acids is 1. The van der Waals surface area contributed by atoms with E-state index in [1.807, 2.05) is 0 Å². The third-order valence-electron chi connectivity index (χ3n) is 2.08. The van der Waals surface area contributed by atoms with Crippen molar-refractivity contribution in [2.24, 2.45) is 0 Å². The first-order valence-electron chi connectivity index (χ1n) is 5.36. The number of carbonyl (C=O) groups is 1. The van der Waals surface area contributed by atoms with Crippen molar-refractivity contribution < 1.29 is 18.4 Å². The van der Waals surface area contributed by atoms with Gasteiger partial charge in [0.2, 0.25) is 5.91 Å². The van der Waals surface area contributed by atoms with Crippen LogP contribution in [0.1, 0.15) is 32.6 Å². The van der Waals surface area contributed by atoms with E-state index in [2.05, 4.69) is 16.4 Å². The van der Waals surface area contributed by atoms with Gasteiger partial charge in [-0.25, -0.2) is 4.57 Å². The minimum Gasteiger partial charge on any atom is -0.352 e. The van der Waals surface area contributed by atoms with E-state index in [0.29, 0.717) is 18.5 Å². The molecular weight excluding hydrogens is 260 g/mol. The zero-order valence-electron chi connectivity index (χ0n) is 9.85. The molecule has 96 valence electrons. The standard InChI is InChI=1S/C10H17NO4P2/c1-8(2)10(12)11-7-5-3-4-6-9(16-13)15-17-14/h9H,1,3-7H2,2H3,(H,11,12). The Morgan fingerprint density at radius 1 is 1.35 bits per heavy atom. The molecule has 0 saturated carbocycles. The van der Waals surface area contributed by atoms with Gasteiger partial charge in [0, 0.05) is 12.1 Å². The van der Waals surface area contributed by atoms with Gasteiger partial charge in [-0.1, -0.05) is 13.0 Å². The fourth-order valence-electron chi connectivity index (χ4n) is 1.15. The van der Waals surface area contributed by atoms with E-state index >= 15 is 0 Å². The summed E-state index contributed by atoms with van der Waals surface area (Å²) >= 11 is 0. The molecular formula is C10H17NO4P2. The van der Waals surface area contributed by atoms with E-state index in [-0.39, 0.29) is 14.4 Å². The van der Waals surface area contributed by atoms with Crippen LogP contribution in [0.4, 0.5) is 0 Å². The maximum atomic E-state index is 11.1. The smallest absolute Gasteiger partial charge is 0.328 e. The van der Waals surface area contributed by atoms with Gasteiger partial charge in [-0.05, 0) is 26.2 Å². The molecule has 17 heavy (non-hydrogen) atoms. The van der Waals surface area contributed by atoms with Crippen LogP contribution in [0.15, 0.2) is 12.2 Å². The second kappa shape index (κ2) is 10.5. The van der Waals surface area contributed by atoms with Crippen LogP contribution in [-0.2, 0) is 18.4 Å². The van der Waals surface area contributed by atoms with Gasteiger partial charge >= 0.3 is 8.69 Å². The lowest BCUT2D eigenvalue weighted by atomic mass is 10.2. The third kappa shape index (κ3) is 9.11. The molecule has 0 bridgehead atoms. The zero-order chi connectivity index (χ0) is 13.1. The molecule has 0 heterocycles. The van der Waals surface area contributed by atoms with Crippen molar-refractivity contribution >= 4 is 23.1 Å². The van der Waals surface area contributed by atoms with Gasteiger partial charge in [0.25, 0.3) is 0 Å². The summed E-state index contributed by atoms with van der Waals surface area (Å²) in [7, 11) is -0.590. The molecule has 0 rings (SSSR count). The lowest BCUT2D eigenvalue weighted by Gasteiger charge is -2.06. The molecule has 0 radical (unpaired) electrons. The number of nitrogens with one attached hydrogen (secondary N) is 1. The Balaban J connectivity index is 3.45. The Kier molecular flexibility index (Phi) is 10.1. The van der Waals surface area contributed by atoms with Crippen LogP contribution < -0.4 is 5.32 Å². The highest BCUT2D eigenvalue weighted by atomic mass is 31.1. The summed E-state index contributed by atoms with van der Waals surface area (Å²) in [6.45, 7) is 5.79. The third-order valence-corrected chi connectivity index (χ3v) is 3.19. The number of unbranched alkanes of at least 4 members (excludes halogenated alkanes) is 2. The summed E-state index contributed by atoms with van der Waals surface area (Å²) in [5, 5.41) is 2.72. The van der Waals surface area contributed by atoms with Crippen molar-refractivity contribution in [3.8, 4) is 0 Å². The predicted octanol–water partition coefficient (Wildman–Crippen LogP) is 3.08. The van der Waals surface area contributed by atoms with E-state index in [9.17, 15) is 13.9 Å². The fraction of sp³-hybridized carbons (Fsp3) is 0.700. The van der Waals surface area contributed by atoms with Gasteiger partial charge in [-0.3, -0.25) is 13.9 Å². The molecule has 0 aliphatic heterocycles. The fourth-order valence-corrected chi connectivity index (χ4v) is 1.91. The van der Waals surface area contributed by atoms with Gasteiger partial charge in [0.1, 0.15) is 0 Å². The predicted molar refractivity (Wildman–Crippen MR) is 66.4 cm³/mol. The normalized spacial score (nSPS) is 12.5. The Labute approximate surface area is 104 Å². The Hall–Kier alpha value is -0.630. The summed E-state index contributed by atoms with van der Waals surface area (Å²) in [6, 6.07) is 0. The first kappa shape index (κ1) is 16.4. The molecule has 1 unspecified atom stereocenters. The number of hydrogen-bond donors (Lipinski definition) is 1. The molecule has 5 nitrogen and oxygen atoms in total. The molecule has 1 amide bonds. The Morgan fingerprint density at radius 3 is 2.59 bits per heavy atom. The molecule has 0 aliphatic rings. The lowest BCUT2D eigenvalue weighted by Crippen LogP contribution is -2.24. The molecule has 7 heteroatoms. The first-order chi connectivity index (χ1) is 8.11. The van der Waals surface area contributed by atoms with Crippen molar-refractivity contribution in [2.75, 3.05) is 6.54 Å². The highest BCUT2D eigenvalue weighted by Crippen LogP contribution is 2.20. The van der Waals surface area contributed by atoms with Crippen molar-refractivity contribution in [3.63, 3.8) is 0 Å². The summed E-state index contributed by atoms with van der Waals surface area (Å²) < 4.78 is 25.3. The van der Waals surface area contributed by atoms with Crippen LogP contribution in [0, 0.1) is 0 Å². The largest absolute Gasteiger partial charge is 0.352 e. The monoisotopic (exact) mass is 277 g/mol. The minimum atomic E-state index is -0.501. The van der Waals surface area contributed by atoms with Crippen molar-refractivity contribution in [2.45, 2.75) is 38.5 Å². The van der Waals surface area contributed by atoms with E-state index in [0.717, 1.165) is 19.3 Å². The molecule has 1 N–H and O–H groups in total. The van der Waals surface area contributed by atoms with Crippen molar-refractivity contribution in [1.29, 1.82) is 0 Å². The van der Waals surface area contributed by atoms with Gasteiger partial charge < -0.3 is 5.32 Å². The van der Waals surface area contributed by atoms with Gasteiger partial charge in [0.15, 0.2) is 14.3 Å². The number of amides is 1. The molecule has 0 aliphatic carbocycles. The minimum absolute atomic E-state index is 0.130. The summed E-state index contributed by atoms with van der Waals surface area (Å²) in [4.78, 5) is 11.1.